The van der Waals surface area contributed by atoms with Gasteiger partial charge in [0.15, 0.2) is 0 Å². The topological polar surface area (TPSA) is 26.3 Å². The maximum absolute atomic E-state index is 12.3. The summed E-state index contributed by atoms with van der Waals surface area (Å²) in [6, 6.07) is 0. The van der Waals surface area contributed by atoms with Crippen molar-refractivity contribution in [1.82, 2.24) is 0 Å². The van der Waals surface area contributed by atoms with Gasteiger partial charge in [-0.3, -0.25) is 4.79 Å². The average Bonchev–Trinajstić information content (AvgIpc) is 2.51. The van der Waals surface area contributed by atoms with Gasteiger partial charge in [0.25, 0.3) is 0 Å². The summed E-state index contributed by atoms with van der Waals surface area (Å²) in [6.07, 6.45) is 5.84. The van der Waals surface area contributed by atoms with Crippen molar-refractivity contribution in [3.63, 3.8) is 0 Å². The zero-order chi connectivity index (χ0) is 12.3. The van der Waals surface area contributed by atoms with E-state index >= 15 is 0 Å². The molecule has 1 heterocycles. The fourth-order valence-corrected chi connectivity index (χ4v) is 4.41. The number of hydrogen-bond acceptors (Lipinski definition) is 2. The van der Waals surface area contributed by atoms with Crippen LogP contribution in [-0.4, -0.2) is 19.0 Å². The Morgan fingerprint density at radius 1 is 1.35 bits per heavy atom. The Bertz CT molecular complexity index is 394. The molecule has 3 aliphatic rings. The molecule has 3 atom stereocenters. The largest absolute Gasteiger partial charge is 0.377 e. The van der Waals surface area contributed by atoms with Gasteiger partial charge in [-0.2, -0.15) is 0 Å². The second-order valence-electron chi connectivity index (χ2n) is 6.73. The second-order valence-corrected chi connectivity index (χ2v) is 6.73. The van der Waals surface area contributed by atoms with E-state index in [-0.39, 0.29) is 10.8 Å². The third-order valence-electron chi connectivity index (χ3n) is 5.31. The molecule has 0 aromatic rings. The molecule has 0 aromatic heterocycles. The van der Waals surface area contributed by atoms with Crippen LogP contribution in [0.2, 0.25) is 0 Å². The normalized spacial score (nSPS) is 43.9. The number of rotatable bonds is 0. The van der Waals surface area contributed by atoms with Crippen LogP contribution in [0, 0.1) is 22.7 Å². The summed E-state index contributed by atoms with van der Waals surface area (Å²) < 4.78 is 5.62. The summed E-state index contributed by atoms with van der Waals surface area (Å²) in [6.45, 7) is 7.99. The van der Waals surface area contributed by atoms with Gasteiger partial charge in [0, 0.05) is 17.4 Å². The van der Waals surface area contributed by atoms with E-state index < -0.39 is 0 Å². The molecular weight excluding hydrogens is 212 g/mol. The first-order valence-electron chi connectivity index (χ1n) is 6.80. The van der Waals surface area contributed by atoms with Crippen molar-refractivity contribution in [3.05, 3.63) is 11.6 Å². The maximum Gasteiger partial charge on any atom is 0.148 e. The molecule has 2 nitrogen and oxygen atoms in total. The van der Waals surface area contributed by atoms with Gasteiger partial charge in [-0.25, -0.2) is 0 Å². The van der Waals surface area contributed by atoms with Crippen LogP contribution < -0.4 is 0 Å². The van der Waals surface area contributed by atoms with Crippen molar-refractivity contribution >= 4 is 5.78 Å². The molecule has 0 N–H and O–H groups in total. The average molecular weight is 234 g/mol. The number of allylic oxidation sites excluding steroid dienone is 1. The van der Waals surface area contributed by atoms with Crippen LogP contribution in [0.1, 0.15) is 40.0 Å². The van der Waals surface area contributed by atoms with Gasteiger partial charge >= 0.3 is 0 Å². The molecule has 0 unspecified atom stereocenters. The van der Waals surface area contributed by atoms with E-state index in [1.54, 1.807) is 0 Å². The van der Waals surface area contributed by atoms with Crippen molar-refractivity contribution in [2.45, 2.75) is 40.0 Å². The molecule has 0 amide bonds. The molecule has 2 heteroatoms. The molecule has 0 aromatic carbocycles. The van der Waals surface area contributed by atoms with Crippen molar-refractivity contribution in [3.8, 4) is 0 Å². The van der Waals surface area contributed by atoms with E-state index in [1.807, 2.05) is 0 Å². The smallest absolute Gasteiger partial charge is 0.148 e. The zero-order valence-corrected chi connectivity index (χ0v) is 11.1. The minimum absolute atomic E-state index is 0.107. The van der Waals surface area contributed by atoms with Crippen molar-refractivity contribution < 1.29 is 9.53 Å². The van der Waals surface area contributed by atoms with E-state index in [0.717, 1.165) is 13.2 Å². The van der Waals surface area contributed by atoms with Crippen LogP contribution in [0.3, 0.4) is 0 Å². The van der Waals surface area contributed by atoms with Crippen LogP contribution in [0.4, 0.5) is 0 Å². The number of carbonyl (C=O) groups excluding carboxylic acids is 1. The number of fused-ring (bicyclic) bond motifs is 2. The highest BCUT2D eigenvalue weighted by Crippen LogP contribution is 2.62. The highest BCUT2D eigenvalue weighted by molar-refractivity contribution is 5.98. The van der Waals surface area contributed by atoms with Gasteiger partial charge in [0.05, 0.1) is 6.61 Å². The molecule has 0 radical (unpaired) electrons. The predicted molar refractivity (Wildman–Crippen MR) is 66.6 cm³/mol. The van der Waals surface area contributed by atoms with Gasteiger partial charge in [-0.1, -0.05) is 19.9 Å². The standard InChI is InChI=1S/C15H22O2/c1-14(2)12-7-10-5-4-6-17-9-11(10)8-15(12,3)13(14)16/h8,10,12H,4-7,9H2,1-3H3/t10-,12+,15+/m0/s1. The SMILES string of the molecule is CC1(C)C(=O)[C@]2(C)C=C3COCCC[C@H]3C[C@H]12. The zero-order valence-electron chi connectivity index (χ0n) is 11.1. The van der Waals surface area contributed by atoms with Crippen LogP contribution in [0.5, 0.6) is 0 Å². The Hall–Kier alpha value is -0.630. The first kappa shape index (κ1) is 11.5. The first-order valence-corrected chi connectivity index (χ1v) is 6.80. The first-order chi connectivity index (χ1) is 7.96. The van der Waals surface area contributed by atoms with Crippen LogP contribution in [-0.2, 0) is 9.53 Å². The lowest BCUT2D eigenvalue weighted by molar-refractivity contribution is -0.164. The highest BCUT2D eigenvalue weighted by atomic mass is 16.5. The fraction of sp³-hybridized carbons (Fsp3) is 0.800. The number of Topliss-reactive ketones (excluding diaryl/α,β-unsaturated/α-hetero) is 1. The lowest BCUT2D eigenvalue weighted by Gasteiger charge is -2.59. The maximum atomic E-state index is 12.3. The number of ketones is 1. The highest BCUT2D eigenvalue weighted by Gasteiger charge is 2.64. The van der Waals surface area contributed by atoms with Gasteiger partial charge in [0.2, 0.25) is 0 Å². The molecular formula is C15H22O2. The fourth-order valence-electron chi connectivity index (χ4n) is 4.41. The lowest BCUT2D eigenvalue weighted by atomic mass is 9.42. The Labute approximate surface area is 103 Å². The van der Waals surface area contributed by atoms with Crippen molar-refractivity contribution in [1.29, 1.82) is 0 Å². The summed E-state index contributed by atoms with van der Waals surface area (Å²) in [5, 5.41) is 0. The van der Waals surface area contributed by atoms with Gasteiger partial charge in [-0.15, -0.1) is 0 Å². The van der Waals surface area contributed by atoms with E-state index in [2.05, 4.69) is 26.8 Å². The number of carbonyl (C=O) groups is 1. The molecule has 94 valence electrons. The van der Waals surface area contributed by atoms with E-state index in [4.69, 9.17) is 4.74 Å². The monoisotopic (exact) mass is 234 g/mol. The minimum atomic E-state index is -0.191. The van der Waals surface area contributed by atoms with Crippen molar-refractivity contribution in [2.24, 2.45) is 22.7 Å². The second kappa shape index (κ2) is 3.44. The van der Waals surface area contributed by atoms with Gasteiger partial charge < -0.3 is 4.74 Å². The molecule has 2 aliphatic carbocycles. The van der Waals surface area contributed by atoms with E-state index in [1.165, 1.54) is 24.8 Å². The Morgan fingerprint density at radius 2 is 2.12 bits per heavy atom. The van der Waals surface area contributed by atoms with Crippen LogP contribution in [0.25, 0.3) is 0 Å². The number of ether oxygens (including phenoxy) is 1. The molecule has 1 saturated heterocycles. The summed E-state index contributed by atoms with van der Waals surface area (Å²) in [7, 11) is 0. The summed E-state index contributed by atoms with van der Waals surface area (Å²) in [5.41, 5.74) is 1.09. The van der Waals surface area contributed by atoms with E-state index in [9.17, 15) is 4.79 Å². The summed E-state index contributed by atoms with van der Waals surface area (Å²) in [4.78, 5) is 12.3. The molecule has 17 heavy (non-hydrogen) atoms. The van der Waals surface area contributed by atoms with Crippen LogP contribution in [0.15, 0.2) is 11.6 Å². The summed E-state index contributed by atoms with van der Waals surface area (Å²) >= 11 is 0. The third-order valence-corrected chi connectivity index (χ3v) is 5.31. The Kier molecular flexibility index (Phi) is 2.32. The summed E-state index contributed by atoms with van der Waals surface area (Å²) in [5.74, 6) is 1.63. The third kappa shape index (κ3) is 1.40. The van der Waals surface area contributed by atoms with Crippen LogP contribution >= 0.6 is 0 Å². The Morgan fingerprint density at radius 3 is 2.88 bits per heavy atom. The number of hydrogen-bond donors (Lipinski definition) is 0. The molecule has 0 spiro atoms. The molecule has 0 bridgehead atoms. The van der Waals surface area contributed by atoms with Gasteiger partial charge in [-0.05, 0) is 43.6 Å². The minimum Gasteiger partial charge on any atom is -0.377 e. The van der Waals surface area contributed by atoms with Gasteiger partial charge in [0.1, 0.15) is 5.78 Å². The predicted octanol–water partition coefficient (Wildman–Crippen LogP) is 2.97. The lowest BCUT2D eigenvalue weighted by Crippen LogP contribution is -2.62. The molecule has 1 aliphatic heterocycles. The van der Waals surface area contributed by atoms with Crippen molar-refractivity contribution in [2.75, 3.05) is 13.2 Å². The molecule has 1 saturated carbocycles. The molecule has 2 fully saturated rings. The molecule has 3 rings (SSSR count). The van der Waals surface area contributed by atoms with E-state index in [0.29, 0.717) is 17.6 Å². The quantitative estimate of drug-likeness (QED) is 0.602. The Balaban J connectivity index is 1.96.